The molecule has 13 heavy (non-hydrogen) atoms. The largest absolute Gasteiger partial charge is 0.468 e. The Morgan fingerprint density at radius 3 is 3.15 bits per heavy atom. The fourth-order valence-corrected chi connectivity index (χ4v) is 1.86. The molecule has 0 saturated carbocycles. The first-order valence-corrected chi connectivity index (χ1v) is 4.90. The quantitative estimate of drug-likeness (QED) is 0.687. The molecule has 3 heteroatoms. The molecule has 72 valence electrons. The van der Waals surface area contributed by atoms with E-state index in [4.69, 9.17) is 10.2 Å². The van der Waals surface area contributed by atoms with Crippen LogP contribution in [0.1, 0.15) is 31.1 Å². The predicted octanol–water partition coefficient (Wildman–Crippen LogP) is 1.42. The number of nitrogens with two attached hydrogens (primary N) is 1. The molecule has 0 spiro atoms. The van der Waals surface area contributed by atoms with E-state index in [0.29, 0.717) is 0 Å². The third kappa shape index (κ3) is 1.92. The summed E-state index contributed by atoms with van der Waals surface area (Å²) in [5, 5.41) is 3.42. The van der Waals surface area contributed by atoms with Crippen molar-refractivity contribution in [2.24, 2.45) is 5.73 Å². The van der Waals surface area contributed by atoms with Crippen LogP contribution in [0, 0.1) is 0 Å². The van der Waals surface area contributed by atoms with Gasteiger partial charge in [-0.15, -0.1) is 0 Å². The van der Waals surface area contributed by atoms with Crippen LogP contribution in [0.4, 0.5) is 0 Å². The van der Waals surface area contributed by atoms with Crippen LogP contribution in [0.3, 0.4) is 0 Å². The van der Waals surface area contributed by atoms with Crippen molar-refractivity contribution in [2.75, 3.05) is 6.54 Å². The van der Waals surface area contributed by atoms with E-state index >= 15 is 0 Å². The first kappa shape index (κ1) is 8.78. The van der Waals surface area contributed by atoms with E-state index in [1.807, 2.05) is 12.1 Å². The van der Waals surface area contributed by atoms with E-state index in [1.54, 1.807) is 6.26 Å². The Morgan fingerprint density at radius 1 is 1.46 bits per heavy atom. The lowest BCUT2D eigenvalue weighted by Crippen LogP contribution is -2.35. The van der Waals surface area contributed by atoms with Crippen LogP contribution in [0.2, 0.25) is 0 Å². The van der Waals surface area contributed by atoms with Crippen molar-refractivity contribution in [3.8, 4) is 0 Å². The molecule has 1 aromatic rings. The van der Waals surface area contributed by atoms with Gasteiger partial charge in [0.15, 0.2) is 0 Å². The van der Waals surface area contributed by atoms with Crippen molar-refractivity contribution >= 4 is 0 Å². The van der Waals surface area contributed by atoms with E-state index in [2.05, 4.69) is 5.32 Å². The van der Waals surface area contributed by atoms with Gasteiger partial charge in [-0.1, -0.05) is 6.42 Å². The van der Waals surface area contributed by atoms with Crippen molar-refractivity contribution in [2.45, 2.75) is 31.3 Å². The highest BCUT2D eigenvalue weighted by atomic mass is 16.3. The number of hydrogen-bond acceptors (Lipinski definition) is 3. The van der Waals surface area contributed by atoms with Gasteiger partial charge >= 0.3 is 0 Å². The predicted molar refractivity (Wildman–Crippen MR) is 51.3 cm³/mol. The van der Waals surface area contributed by atoms with Gasteiger partial charge in [-0.2, -0.15) is 0 Å². The third-order valence-corrected chi connectivity index (χ3v) is 2.61. The van der Waals surface area contributed by atoms with Gasteiger partial charge in [-0.25, -0.2) is 0 Å². The molecular formula is C10H16N2O. The Hall–Kier alpha value is -0.800. The van der Waals surface area contributed by atoms with Crippen LogP contribution >= 0.6 is 0 Å². The van der Waals surface area contributed by atoms with Crippen molar-refractivity contribution in [1.82, 2.24) is 5.32 Å². The third-order valence-electron chi connectivity index (χ3n) is 2.61. The Labute approximate surface area is 78.3 Å². The molecule has 2 heterocycles. The van der Waals surface area contributed by atoms with E-state index in [-0.39, 0.29) is 12.1 Å². The first-order valence-electron chi connectivity index (χ1n) is 4.90. The van der Waals surface area contributed by atoms with Gasteiger partial charge in [-0.05, 0) is 31.5 Å². The van der Waals surface area contributed by atoms with Crippen molar-refractivity contribution in [3.05, 3.63) is 24.2 Å². The number of hydrogen-bond donors (Lipinski definition) is 2. The monoisotopic (exact) mass is 180 g/mol. The molecule has 3 N–H and O–H groups in total. The summed E-state index contributed by atoms with van der Waals surface area (Å²) in [6.07, 6.45) is 5.21. The van der Waals surface area contributed by atoms with Gasteiger partial charge in [0.2, 0.25) is 0 Å². The van der Waals surface area contributed by atoms with Gasteiger partial charge in [0.05, 0.1) is 12.3 Å². The number of furan rings is 1. The minimum Gasteiger partial charge on any atom is -0.468 e. The van der Waals surface area contributed by atoms with E-state index in [9.17, 15) is 0 Å². The molecular weight excluding hydrogens is 164 g/mol. The van der Waals surface area contributed by atoms with Crippen molar-refractivity contribution < 1.29 is 4.42 Å². The summed E-state index contributed by atoms with van der Waals surface area (Å²) in [5.74, 6) is 0.967. The first-order chi connectivity index (χ1) is 6.38. The molecule has 0 bridgehead atoms. The highest BCUT2D eigenvalue weighted by Crippen LogP contribution is 2.21. The van der Waals surface area contributed by atoms with Gasteiger partial charge in [0, 0.05) is 6.04 Å². The molecule has 0 amide bonds. The van der Waals surface area contributed by atoms with Crippen LogP contribution in [0.15, 0.2) is 22.8 Å². The van der Waals surface area contributed by atoms with Crippen LogP contribution in [0.25, 0.3) is 0 Å². The number of rotatable bonds is 1. The molecule has 1 aliphatic heterocycles. The second-order valence-corrected chi connectivity index (χ2v) is 3.61. The second-order valence-electron chi connectivity index (χ2n) is 3.61. The summed E-state index contributed by atoms with van der Waals surface area (Å²) < 4.78 is 5.36. The smallest absolute Gasteiger partial charge is 0.122 e. The van der Waals surface area contributed by atoms with Crippen LogP contribution < -0.4 is 11.1 Å². The van der Waals surface area contributed by atoms with Crippen LogP contribution in [-0.4, -0.2) is 12.6 Å². The fourth-order valence-electron chi connectivity index (χ4n) is 1.86. The average molecular weight is 180 g/mol. The molecule has 3 nitrogen and oxygen atoms in total. The zero-order chi connectivity index (χ0) is 9.10. The maximum Gasteiger partial charge on any atom is 0.122 e. The highest BCUT2D eigenvalue weighted by molar-refractivity contribution is 5.07. The molecule has 1 saturated heterocycles. The summed E-state index contributed by atoms with van der Waals surface area (Å²) in [6.45, 7) is 1.04. The standard InChI is InChI=1S/C10H16N2O/c11-8-4-1-2-6-12-10(8)9-5-3-7-13-9/h3,5,7-8,10,12H,1-2,4,6,11H2. The SMILES string of the molecule is NC1CCCCNC1c1ccco1. The molecule has 2 atom stereocenters. The molecule has 1 aliphatic rings. The summed E-state index contributed by atoms with van der Waals surface area (Å²) in [5.41, 5.74) is 6.05. The molecule has 0 aromatic carbocycles. The highest BCUT2D eigenvalue weighted by Gasteiger charge is 2.23. The lowest BCUT2D eigenvalue weighted by atomic mass is 10.0. The molecule has 0 aliphatic carbocycles. The van der Waals surface area contributed by atoms with Gasteiger partial charge in [0.25, 0.3) is 0 Å². The summed E-state index contributed by atoms with van der Waals surface area (Å²) >= 11 is 0. The lowest BCUT2D eigenvalue weighted by molar-refractivity contribution is 0.375. The van der Waals surface area contributed by atoms with E-state index < -0.39 is 0 Å². The fraction of sp³-hybridized carbons (Fsp3) is 0.600. The van der Waals surface area contributed by atoms with E-state index in [0.717, 1.165) is 18.7 Å². The van der Waals surface area contributed by atoms with E-state index in [1.165, 1.54) is 12.8 Å². The Balaban J connectivity index is 2.11. The average Bonchev–Trinajstić information content (AvgIpc) is 2.56. The molecule has 0 radical (unpaired) electrons. The molecule has 2 unspecified atom stereocenters. The van der Waals surface area contributed by atoms with Crippen molar-refractivity contribution in [1.29, 1.82) is 0 Å². The lowest BCUT2D eigenvalue weighted by Gasteiger charge is -2.19. The summed E-state index contributed by atoms with van der Waals surface area (Å²) in [6, 6.07) is 4.29. The molecule has 1 fully saturated rings. The summed E-state index contributed by atoms with van der Waals surface area (Å²) in [7, 11) is 0. The second kappa shape index (κ2) is 3.94. The topological polar surface area (TPSA) is 51.2 Å². The van der Waals surface area contributed by atoms with Gasteiger partial charge in [0.1, 0.15) is 5.76 Å². The zero-order valence-corrected chi connectivity index (χ0v) is 7.70. The zero-order valence-electron chi connectivity index (χ0n) is 7.70. The number of nitrogens with one attached hydrogen (secondary N) is 1. The molecule has 1 aromatic heterocycles. The summed E-state index contributed by atoms with van der Waals surface area (Å²) in [4.78, 5) is 0. The minimum absolute atomic E-state index is 0.189. The van der Waals surface area contributed by atoms with Crippen molar-refractivity contribution in [3.63, 3.8) is 0 Å². The minimum atomic E-state index is 0.189. The molecule has 2 rings (SSSR count). The Morgan fingerprint density at radius 2 is 2.38 bits per heavy atom. The normalized spacial score (nSPS) is 29.9. The maximum atomic E-state index is 6.05. The maximum absolute atomic E-state index is 6.05. The van der Waals surface area contributed by atoms with Crippen LogP contribution in [0.5, 0.6) is 0 Å². The van der Waals surface area contributed by atoms with Gasteiger partial charge < -0.3 is 15.5 Å². The van der Waals surface area contributed by atoms with Crippen LogP contribution in [-0.2, 0) is 0 Å². The Kier molecular flexibility index (Phi) is 2.66. The Bertz CT molecular complexity index is 245. The van der Waals surface area contributed by atoms with Gasteiger partial charge in [-0.3, -0.25) is 0 Å².